The number of carbonyl (C=O) groups is 1. The minimum Gasteiger partial charge on any atom is -0.507 e. The summed E-state index contributed by atoms with van der Waals surface area (Å²) >= 11 is 0. The van der Waals surface area contributed by atoms with Gasteiger partial charge in [0.25, 0.3) is 0 Å². The highest BCUT2D eigenvalue weighted by atomic mass is 16.8. The van der Waals surface area contributed by atoms with Crippen molar-refractivity contribution in [1.82, 2.24) is 0 Å². The molecule has 14 atom stereocenters. The van der Waals surface area contributed by atoms with Gasteiger partial charge in [0.2, 0.25) is 23.8 Å². The first-order chi connectivity index (χ1) is 30.9. The van der Waals surface area contributed by atoms with Gasteiger partial charge in [-0.15, -0.1) is 0 Å². The molecule has 23 nitrogen and oxygen atoms in total. The number of methoxy groups -OCH3 is 1. The lowest BCUT2D eigenvalue weighted by atomic mass is 9.98. The van der Waals surface area contributed by atoms with E-state index in [0.29, 0.717) is 5.56 Å². The Kier molecular flexibility index (Phi) is 14.0. The van der Waals surface area contributed by atoms with Crippen LogP contribution in [0.25, 0.3) is 28.4 Å². The summed E-state index contributed by atoms with van der Waals surface area (Å²) in [7, 11) is 1.34. The van der Waals surface area contributed by atoms with Crippen molar-refractivity contribution in [3.8, 4) is 51.6 Å². The second-order valence-electron chi connectivity index (χ2n) is 15.3. The molecule has 0 unspecified atom stereocenters. The molecule has 23 heteroatoms. The maximum absolute atomic E-state index is 14.3. The van der Waals surface area contributed by atoms with E-state index >= 15 is 0 Å². The summed E-state index contributed by atoms with van der Waals surface area (Å²) in [5.41, 5.74) is -1.18. The van der Waals surface area contributed by atoms with E-state index in [9.17, 15) is 70.9 Å². The van der Waals surface area contributed by atoms with E-state index in [1.165, 1.54) is 44.4 Å². The molecular formula is C42H46O23. The Labute approximate surface area is 366 Å². The lowest BCUT2D eigenvalue weighted by molar-refractivity contribution is -0.348. The number of fused-ring (bicyclic) bond motifs is 1. The first-order valence-electron chi connectivity index (χ1n) is 19.8. The number of aliphatic hydroxyl groups is 8. The molecule has 0 aliphatic carbocycles. The molecule has 3 fully saturated rings. The van der Waals surface area contributed by atoms with E-state index in [-0.39, 0.29) is 28.4 Å². The summed E-state index contributed by atoms with van der Waals surface area (Å²) in [6, 6.07) is 9.52. The van der Waals surface area contributed by atoms with E-state index in [1.54, 1.807) is 0 Å². The van der Waals surface area contributed by atoms with Gasteiger partial charge in [0.15, 0.2) is 41.2 Å². The Balaban J connectivity index is 1.16. The van der Waals surface area contributed by atoms with Gasteiger partial charge in [-0.05, 0) is 48.9 Å². The van der Waals surface area contributed by atoms with Gasteiger partial charge in [0.1, 0.15) is 84.0 Å². The third-order valence-electron chi connectivity index (χ3n) is 10.8. The molecule has 0 saturated carbocycles. The number of benzene rings is 3. The summed E-state index contributed by atoms with van der Waals surface area (Å²) in [5.74, 6) is -4.49. The van der Waals surface area contributed by atoms with Crippen molar-refractivity contribution in [2.45, 2.75) is 92.9 Å². The number of ether oxygens (including phenoxy) is 8. The summed E-state index contributed by atoms with van der Waals surface area (Å²) < 4.78 is 50.5. The summed E-state index contributed by atoms with van der Waals surface area (Å²) in [6.07, 6.45) is -22.0. The van der Waals surface area contributed by atoms with Crippen molar-refractivity contribution in [2.75, 3.05) is 20.3 Å². The van der Waals surface area contributed by atoms with Crippen molar-refractivity contribution in [3.05, 3.63) is 70.4 Å². The van der Waals surface area contributed by atoms with Gasteiger partial charge in [-0.1, -0.05) is 6.07 Å². The minimum absolute atomic E-state index is 0.121. The molecular weight excluding hydrogens is 872 g/mol. The Morgan fingerprint density at radius 2 is 1.45 bits per heavy atom. The number of aromatic hydroxyl groups is 4. The van der Waals surface area contributed by atoms with Crippen LogP contribution in [-0.4, -0.2) is 174 Å². The van der Waals surface area contributed by atoms with Gasteiger partial charge in [-0.2, -0.15) is 0 Å². The molecule has 3 aliphatic heterocycles. The third kappa shape index (κ3) is 9.77. The van der Waals surface area contributed by atoms with Crippen LogP contribution >= 0.6 is 0 Å². The molecule has 0 amide bonds. The minimum atomic E-state index is -2.06. The van der Waals surface area contributed by atoms with Crippen LogP contribution in [0.2, 0.25) is 0 Å². The number of rotatable bonds is 12. The number of phenols is 4. The van der Waals surface area contributed by atoms with Crippen LogP contribution in [0.3, 0.4) is 0 Å². The predicted octanol–water partition coefficient (Wildman–Crippen LogP) is -1.60. The van der Waals surface area contributed by atoms with Crippen LogP contribution < -0.4 is 19.6 Å². The van der Waals surface area contributed by atoms with Gasteiger partial charge in [-0.3, -0.25) is 4.79 Å². The highest BCUT2D eigenvalue weighted by Crippen LogP contribution is 2.40. The maximum atomic E-state index is 14.3. The fourth-order valence-corrected chi connectivity index (χ4v) is 7.16. The van der Waals surface area contributed by atoms with Crippen LogP contribution in [0.4, 0.5) is 0 Å². The third-order valence-corrected chi connectivity index (χ3v) is 10.8. The highest BCUT2D eigenvalue weighted by molar-refractivity contribution is 5.89. The topological polar surface area (TPSA) is 364 Å². The smallest absolute Gasteiger partial charge is 0.330 e. The van der Waals surface area contributed by atoms with Crippen molar-refractivity contribution < 1.29 is 108 Å². The van der Waals surface area contributed by atoms with Crippen molar-refractivity contribution in [1.29, 1.82) is 0 Å². The number of aliphatic hydroxyl groups excluding tert-OH is 8. The largest absolute Gasteiger partial charge is 0.507 e. The van der Waals surface area contributed by atoms with E-state index in [0.717, 1.165) is 30.3 Å². The fourth-order valence-electron chi connectivity index (χ4n) is 7.16. The normalized spacial score (nSPS) is 31.7. The lowest BCUT2D eigenvalue weighted by Gasteiger charge is -2.44. The average Bonchev–Trinajstić information content (AvgIpc) is 3.27. The van der Waals surface area contributed by atoms with Gasteiger partial charge < -0.3 is 104 Å². The van der Waals surface area contributed by atoms with Crippen LogP contribution in [0, 0.1) is 0 Å². The quantitative estimate of drug-likeness (QED) is 0.0433. The number of hydrogen-bond acceptors (Lipinski definition) is 23. The molecule has 0 spiro atoms. The van der Waals surface area contributed by atoms with Gasteiger partial charge in [0.05, 0.1) is 19.8 Å². The summed E-state index contributed by atoms with van der Waals surface area (Å²) in [5, 5.41) is 126. The van der Waals surface area contributed by atoms with Crippen LogP contribution in [0.15, 0.2) is 63.8 Å². The van der Waals surface area contributed by atoms with E-state index in [1.807, 2.05) is 0 Å². The molecule has 4 aromatic rings. The molecule has 0 bridgehead atoms. The van der Waals surface area contributed by atoms with Crippen molar-refractivity contribution >= 4 is 23.0 Å². The Hall–Kier alpha value is -5.80. The molecule has 7 rings (SSSR count). The molecule has 0 radical (unpaired) electrons. The first-order valence-corrected chi connectivity index (χ1v) is 19.8. The molecule has 3 aromatic carbocycles. The summed E-state index contributed by atoms with van der Waals surface area (Å²) in [4.78, 5) is 26.9. The molecule has 12 N–H and O–H groups in total. The zero-order chi connectivity index (χ0) is 47.0. The van der Waals surface area contributed by atoms with E-state index in [2.05, 4.69) is 0 Å². The molecule has 352 valence electrons. The molecule has 1 aromatic heterocycles. The number of esters is 1. The first kappa shape index (κ1) is 47.2. The highest BCUT2D eigenvalue weighted by Gasteiger charge is 2.50. The zero-order valence-electron chi connectivity index (χ0n) is 34.1. The standard InChI is InChI=1S/C42H46O23/c1-15-29(49)33(53)35(55)40(60-15)61-18-11-22(46)28-25(12-18)62-37(17-5-7-19(43)21(45)10-17)38(32(28)52)64-42-39(30(50)23(47)13-59-42)65-41-36(56)34(54)31(51)26(63-41)14-58-27(48)8-4-16-3-6-20(44)24(9-16)57-2/h3-12,15,23,26,29-31,33-36,39-47,49-51,53-56H,13-14H2,1-2H3/t15-,23+,26+,29-,30-,31+,33+,34-,35+,36+,39+,40-,41-,42-/m0/s1. The number of phenolic OH excluding ortho intramolecular Hbond substituents is 4. The lowest BCUT2D eigenvalue weighted by Crippen LogP contribution is -2.63. The maximum Gasteiger partial charge on any atom is 0.330 e. The van der Waals surface area contributed by atoms with Crippen LogP contribution in [0.1, 0.15) is 12.5 Å². The molecule has 65 heavy (non-hydrogen) atoms. The monoisotopic (exact) mass is 918 g/mol. The average molecular weight is 919 g/mol. The molecule has 4 heterocycles. The Morgan fingerprint density at radius 3 is 2.17 bits per heavy atom. The number of carbonyl (C=O) groups excluding carboxylic acids is 1. The van der Waals surface area contributed by atoms with Gasteiger partial charge in [-0.25, -0.2) is 4.79 Å². The van der Waals surface area contributed by atoms with E-state index < -0.39 is 145 Å². The second kappa shape index (κ2) is 19.4. The van der Waals surface area contributed by atoms with Gasteiger partial charge in [0, 0.05) is 23.8 Å². The SMILES string of the molecule is COc1cc(C=CC(=O)OC[C@H]2O[C@@H](O[C@H]3[C@H](Oc4c(-c5ccc(O)c(O)c5)oc5cc(O[C@@H]6O[C@@H](C)[C@H](O)[C@@H](O)[C@H]6O)cc(O)c5c4=O)OC[C@@H](O)[C@@H]3O)[C@H](O)[C@@H](O)[C@@H]2O)ccc1O. The van der Waals surface area contributed by atoms with Crippen molar-refractivity contribution in [2.24, 2.45) is 0 Å². The number of hydrogen-bond donors (Lipinski definition) is 12. The zero-order valence-corrected chi connectivity index (χ0v) is 34.1. The predicted molar refractivity (Wildman–Crippen MR) is 214 cm³/mol. The Bertz CT molecular complexity index is 2440. The summed E-state index contributed by atoms with van der Waals surface area (Å²) in [6.45, 7) is 0.0622. The Morgan fingerprint density at radius 1 is 0.738 bits per heavy atom. The molecule has 3 aliphatic rings. The molecule has 3 saturated heterocycles. The second-order valence-corrected chi connectivity index (χ2v) is 15.3. The van der Waals surface area contributed by atoms with E-state index in [4.69, 9.17) is 42.3 Å². The van der Waals surface area contributed by atoms with Crippen molar-refractivity contribution in [3.63, 3.8) is 0 Å². The van der Waals surface area contributed by atoms with Crippen LogP contribution in [0.5, 0.6) is 40.2 Å². The van der Waals surface area contributed by atoms with Crippen LogP contribution in [-0.2, 0) is 28.5 Å². The fraction of sp³-hybridized carbons (Fsp3) is 0.429. The van der Waals surface area contributed by atoms with Gasteiger partial charge >= 0.3 is 5.97 Å².